The predicted molar refractivity (Wildman–Crippen MR) is 88.8 cm³/mol. The van der Waals surface area contributed by atoms with Crippen molar-refractivity contribution in [3.63, 3.8) is 0 Å². The van der Waals surface area contributed by atoms with Crippen LogP contribution in [0.15, 0.2) is 24.3 Å². The Bertz CT molecular complexity index is 739. The number of rotatable bonds is 6. The molecule has 1 heterocycles. The van der Waals surface area contributed by atoms with E-state index in [9.17, 15) is 24.0 Å². The first-order valence-corrected chi connectivity index (χ1v) is 7.88. The Morgan fingerprint density at radius 1 is 1.04 bits per heavy atom. The summed E-state index contributed by atoms with van der Waals surface area (Å²) in [5, 5.41) is 2.65. The molecular weight excluding hydrogens is 326 g/mol. The molecular formula is C17H19N3O5. The number of hydrogen-bond acceptors (Lipinski definition) is 5. The fourth-order valence-corrected chi connectivity index (χ4v) is 2.34. The van der Waals surface area contributed by atoms with Crippen molar-refractivity contribution < 1.29 is 24.0 Å². The fourth-order valence-electron chi connectivity index (χ4n) is 2.34. The van der Waals surface area contributed by atoms with E-state index in [2.05, 4.69) is 5.32 Å². The summed E-state index contributed by atoms with van der Waals surface area (Å²) >= 11 is 0. The third-order valence-electron chi connectivity index (χ3n) is 3.71. The van der Waals surface area contributed by atoms with Gasteiger partial charge in [0.15, 0.2) is 5.78 Å². The van der Waals surface area contributed by atoms with Crippen LogP contribution in [0.1, 0.15) is 37.6 Å². The van der Waals surface area contributed by atoms with Crippen molar-refractivity contribution in [3.05, 3.63) is 29.8 Å². The molecule has 8 nitrogen and oxygen atoms in total. The van der Waals surface area contributed by atoms with Gasteiger partial charge in [0, 0.05) is 23.7 Å². The lowest BCUT2D eigenvalue weighted by Crippen LogP contribution is -2.39. The predicted octanol–water partition coefficient (Wildman–Crippen LogP) is 1.42. The molecule has 0 spiro atoms. The first kappa shape index (κ1) is 18.3. The molecule has 0 aromatic heterocycles. The van der Waals surface area contributed by atoms with E-state index in [1.807, 2.05) is 0 Å². The first-order chi connectivity index (χ1) is 11.8. The minimum absolute atomic E-state index is 0.153. The van der Waals surface area contributed by atoms with Crippen molar-refractivity contribution in [2.45, 2.75) is 33.2 Å². The summed E-state index contributed by atoms with van der Waals surface area (Å²) in [7, 11) is 0. The van der Waals surface area contributed by atoms with Crippen LogP contribution in [0.3, 0.4) is 0 Å². The lowest BCUT2D eigenvalue weighted by atomic mass is 10.1. The molecule has 0 saturated carbocycles. The van der Waals surface area contributed by atoms with Gasteiger partial charge in [-0.2, -0.15) is 0 Å². The highest BCUT2D eigenvalue weighted by Crippen LogP contribution is 2.17. The van der Waals surface area contributed by atoms with Crippen molar-refractivity contribution in [1.29, 1.82) is 0 Å². The van der Waals surface area contributed by atoms with Gasteiger partial charge in [-0.3, -0.25) is 24.1 Å². The number of amides is 5. The van der Waals surface area contributed by atoms with Crippen LogP contribution in [-0.4, -0.2) is 51.9 Å². The number of carbonyl (C=O) groups excluding carboxylic acids is 5. The Morgan fingerprint density at radius 3 is 2.12 bits per heavy atom. The third kappa shape index (κ3) is 3.73. The van der Waals surface area contributed by atoms with Crippen LogP contribution < -0.4 is 5.32 Å². The molecule has 8 heteroatoms. The van der Waals surface area contributed by atoms with E-state index in [-0.39, 0.29) is 11.5 Å². The Hall–Kier alpha value is -3.03. The Labute approximate surface area is 144 Å². The number of ketones is 1. The normalized spacial score (nSPS) is 14.5. The average molecular weight is 345 g/mol. The Balaban J connectivity index is 2.09. The maximum atomic E-state index is 12.3. The molecule has 0 unspecified atom stereocenters. The number of carbonyl (C=O) groups is 5. The van der Waals surface area contributed by atoms with Crippen molar-refractivity contribution in [2.24, 2.45) is 0 Å². The molecule has 1 aliphatic heterocycles. The van der Waals surface area contributed by atoms with Crippen LogP contribution in [0.4, 0.5) is 10.5 Å². The highest BCUT2D eigenvalue weighted by atomic mass is 16.2. The van der Waals surface area contributed by atoms with Crippen LogP contribution in [0.25, 0.3) is 0 Å². The number of urea groups is 1. The maximum Gasteiger partial charge on any atom is 0.334 e. The van der Waals surface area contributed by atoms with Crippen LogP contribution in [0, 0.1) is 0 Å². The van der Waals surface area contributed by atoms with Crippen LogP contribution in [0.5, 0.6) is 0 Å². The highest BCUT2D eigenvalue weighted by molar-refractivity contribution is 6.45. The second-order valence-corrected chi connectivity index (χ2v) is 5.85. The third-order valence-corrected chi connectivity index (χ3v) is 3.71. The minimum Gasteiger partial charge on any atom is -0.326 e. The Kier molecular flexibility index (Phi) is 5.31. The molecule has 1 saturated heterocycles. The van der Waals surface area contributed by atoms with Crippen LogP contribution in [-0.2, 0) is 14.4 Å². The van der Waals surface area contributed by atoms with Gasteiger partial charge >= 0.3 is 17.8 Å². The zero-order chi connectivity index (χ0) is 18.7. The Morgan fingerprint density at radius 2 is 1.64 bits per heavy atom. The SMILES string of the molecule is CCC(=O)Nc1ccc(C(=O)CN2C(=O)C(=O)N(C(C)C)C2=O)cc1. The summed E-state index contributed by atoms with van der Waals surface area (Å²) in [5.41, 5.74) is 0.809. The van der Waals surface area contributed by atoms with Gasteiger partial charge in [-0.1, -0.05) is 6.92 Å². The van der Waals surface area contributed by atoms with Gasteiger partial charge < -0.3 is 5.32 Å². The zero-order valence-electron chi connectivity index (χ0n) is 14.2. The molecule has 1 aromatic carbocycles. The van der Waals surface area contributed by atoms with E-state index in [1.165, 1.54) is 12.1 Å². The molecule has 0 radical (unpaired) electrons. The number of nitrogens with one attached hydrogen (secondary N) is 1. The summed E-state index contributed by atoms with van der Waals surface area (Å²) in [4.78, 5) is 61.0. The number of nitrogens with zero attached hydrogens (tertiary/aromatic N) is 2. The fraction of sp³-hybridized carbons (Fsp3) is 0.353. The van der Waals surface area contributed by atoms with Crippen molar-refractivity contribution in [1.82, 2.24) is 9.80 Å². The molecule has 25 heavy (non-hydrogen) atoms. The summed E-state index contributed by atoms with van der Waals surface area (Å²) in [5.74, 6) is -2.56. The summed E-state index contributed by atoms with van der Waals surface area (Å²) in [6, 6.07) is 4.83. The largest absolute Gasteiger partial charge is 0.334 e. The van der Waals surface area contributed by atoms with Gasteiger partial charge in [0.2, 0.25) is 5.91 Å². The van der Waals surface area contributed by atoms with E-state index in [4.69, 9.17) is 0 Å². The van der Waals surface area contributed by atoms with Gasteiger partial charge in [0.05, 0.1) is 6.54 Å². The zero-order valence-corrected chi connectivity index (χ0v) is 14.2. The molecule has 1 fully saturated rings. The van der Waals surface area contributed by atoms with Crippen molar-refractivity contribution in [2.75, 3.05) is 11.9 Å². The summed E-state index contributed by atoms with van der Waals surface area (Å²) in [6.07, 6.45) is 0.334. The second-order valence-electron chi connectivity index (χ2n) is 5.85. The molecule has 1 aromatic rings. The van der Waals surface area contributed by atoms with Gasteiger partial charge in [-0.25, -0.2) is 9.69 Å². The minimum atomic E-state index is -1.00. The smallest absolute Gasteiger partial charge is 0.326 e. The monoisotopic (exact) mass is 345 g/mol. The number of imide groups is 2. The second kappa shape index (κ2) is 7.25. The highest BCUT2D eigenvalue weighted by Gasteiger charge is 2.46. The first-order valence-electron chi connectivity index (χ1n) is 7.88. The van der Waals surface area contributed by atoms with E-state index in [0.29, 0.717) is 17.0 Å². The quantitative estimate of drug-likeness (QED) is 0.477. The van der Waals surface area contributed by atoms with Gasteiger partial charge in [-0.05, 0) is 38.1 Å². The molecule has 0 atom stereocenters. The average Bonchev–Trinajstić information content (AvgIpc) is 2.78. The van der Waals surface area contributed by atoms with Crippen molar-refractivity contribution >= 4 is 35.2 Å². The van der Waals surface area contributed by atoms with Gasteiger partial charge in [0.25, 0.3) is 0 Å². The van der Waals surface area contributed by atoms with Gasteiger partial charge in [-0.15, -0.1) is 0 Å². The van der Waals surface area contributed by atoms with E-state index in [1.54, 1.807) is 32.9 Å². The number of anilines is 1. The summed E-state index contributed by atoms with van der Waals surface area (Å²) < 4.78 is 0. The molecule has 1 N–H and O–H groups in total. The topological polar surface area (TPSA) is 104 Å². The molecule has 132 valence electrons. The standard InChI is InChI=1S/C17H19N3O5/c1-4-14(22)18-12-7-5-11(6-8-12)13(21)9-19-15(23)16(24)20(10(2)3)17(19)25/h5-8,10H,4,9H2,1-3H3,(H,18,22). The molecule has 0 bridgehead atoms. The number of hydrogen-bond donors (Lipinski definition) is 1. The van der Waals surface area contributed by atoms with Crippen LogP contribution in [0.2, 0.25) is 0 Å². The van der Waals surface area contributed by atoms with E-state index < -0.39 is 36.2 Å². The van der Waals surface area contributed by atoms with E-state index >= 15 is 0 Å². The molecule has 5 amide bonds. The molecule has 1 aliphatic rings. The van der Waals surface area contributed by atoms with E-state index in [0.717, 1.165) is 4.90 Å². The lowest BCUT2D eigenvalue weighted by molar-refractivity contribution is -0.143. The molecule has 0 aliphatic carbocycles. The lowest BCUT2D eigenvalue weighted by Gasteiger charge is -2.18. The summed E-state index contributed by atoms with van der Waals surface area (Å²) in [6.45, 7) is 4.43. The van der Waals surface area contributed by atoms with Gasteiger partial charge in [0.1, 0.15) is 0 Å². The molecule has 2 rings (SSSR count). The van der Waals surface area contributed by atoms with Crippen LogP contribution >= 0.6 is 0 Å². The maximum absolute atomic E-state index is 12.3. The number of benzene rings is 1. The van der Waals surface area contributed by atoms with Crippen molar-refractivity contribution in [3.8, 4) is 0 Å². The number of Topliss-reactive ketones (excluding diaryl/α,β-unsaturated/α-hetero) is 1.